The zero-order valence-corrected chi connectivity index (χ0v) is 23.1. The quantitative estimate of drug-likeness (QED) is 0.497. The minimum atomic E-state index is -1.07. The van der Waals surface area contributed by atoms with E-state index in [9.17, 15) is 14.7 Å². The zero-order chi connectivity index (χ0) is 27.0. The molecule has 0 radical (unpaired) electrons. The van der Waals surface area contributed by atoms with Gasteiger partial charge < -0.3 is 10.0 Å². The molecule has 1 N–H and O–H groups in total. The summed E-state index contributed by atoms with van der Waals surface area (Å²) in [6.07, 6.45) is 14.8. The number of rotatable bonds is 6. The van der Waals surface area contributed by atoms with Gasteiger partial charge in [0.25, 0.3) is 5.56 Å². The minimum absolute atomic E-state index is 0.0214. The molecule has 2 aliphatic carbocycles. The molecule has 3 fully saturated rings. The van der Waals surface area contributed by atoms with Crippen LogP contribution in [0.2, 0.25) is 0 Å². The Bertz CT molecular complexity index is 1370. The maximum atomic E-state index is 13.6. The van der Waals surface area contributed by atoms with E-state index in [1.165, 1.54) is 32.1 Å². The molecule has 3 aliphatic rings. The van der Waals surface area contributed by atoms with Crippen LogP contribution in [0.3, 0.4) is 0 Å². The molecule has 8 heteroatoms. The number of carbonyl (C=O) groups is 1. The zero-order valence-electron chi connectivity index (χ0n) is 23.1. The third kappa shape index (κ3) is 4.81. The van der Waals surface area contributed by atoms with Crippen LogP contribution in [0, 0.1) is 17.3 Å². The molecule has 39 heavy (non-hydrogen) atoms. The Morgan fingerprint density at radius 1 is 1.08 bits per heavy atom. The molecule has 2 saturated carbocycles. The molecule has 1 spiro atoms. The van der Waals surface area contributed by atoms with Crippen LogP contribution in [-0.2, 0) is 11.3 Å². The first kappa shape index (κ1) is 26.2. The molecular formula is C31H41N5O3. The molecule has 2 atom stereocenters. The van der Waals surface area contributed by atoms with E-state index in [4.69, 9.17) is 0 Å². The largest absolute Gasteiger partial charge is 0.387 e. The maximum Gasteiger partial charge on any atom is 0.264 e. The Hall–Kier alpha value is -3.00. The minimum Gasteiger partial charge on any atom is -0.387 e. The monoisotopic (exact) mass is 531 g/mol. The van der Waals surface area contributed by atoms with Crippen molar-refractivity contribution in [3.8, 4) is 5.69 Å². The van der Waals surface area contributed by atoms with Gasteiger partial charge in [0.1, 0.15) is 11.7 Å². The molecule has 8 nitrogen and oxygen atoms in total. The summed E-state index contributed by atoms with van der Waals surface area (Å²) in [5, 5.41) is 17.1. The number of amides is 1. The summed E-state index contributed by atoms with van der Waals surface area (Å²) < 4.78 is 3.23. The van der Waals surface area contributed by atoms with Gasteiger partial charge in [-0.1, -0.05) is 70.1 Å². The first-order chi connectivity index (χ1) is 18.9. The van der Waals surface area contributed by atoms with Crippen molar-refractivity contribution >= 4 is 16.9 Å². The molecular weight excluding hydrogens is 490 g/mol. The number of nitrogens with zero attached hydrogens (tertiary/aromatic N) is 5. The fraction of sp³-hybridized carbons (Fsp3) is 0.613. The highest BCUT2D eigenvalue weighted by molar-refractivity contribution is 5.79. The van der Waals surface area contributed by atoms with Crippen LogP contribution in [-0.4, -0.2) is 53.9 Å². The summed E-state index contributed by atoms with van der Waals surface area (Å²) in [7, 11) is 0. The van der Waals surface area contributed by atoms with E-state index in [2.05, 4.69) is 17.0 Å². The number of aromatic nitrogens is 4. The predicted octanol–water partition coefficient (Wildman–Crippen LogP) is 4.71. The standard InChI is InChI=1S/C31H41N5O3/c1-23(18-24-10-4-2-5-11-24)28(37)34-17-16-31(39,30(20-34)14-8-9-15-30)21-35-22-32-27-26(29(35)38)19-33-36(27)25-12-6-3-7-13-25/h3,6-7,12-13,19,22-24,39H,2,4-5,8-11,14-18,20-21H2,1H3/t23-,31?/m1/s1. The van der Waals surface area contributed by atoms with Gasteiger partial charge in [-0.05, 0) is 43.7 Å². The summed E-state index contributed by atoms with van der Waals surface area (Å²) in [5.74, 6) is 0.927. The van der Waals surface area contributed by atoms with E-state index in [1.807, 2.05) is 35.2 Å². The molecule has 3 aromatic rings. The summed E-state index contributed by atoms with van der Waals surface area (Å²) in [5.41, 5.74) is -0.300. The van der Waals surface area contributed by atoms with Gasteiger partial charge in [-0.25, -0.2) is 9.67 Å². The Balaban J connectivity index is 1.22. The van der Waals surface area contributed by atoms with Crippen molar-refractivity contribution in [3.63, 3.8) is 0 Å². The fourth-order valence-electron chi connectivity index (χ4n) is 7.72. The highest BCUT2D eigenvalue weighted by Gasteiger charge is 2.55. The Morgan fingerprint density at radius 2 is 1.82 bits per heavy atom. The number of fused-ring (bicyclic) bond motifs is 1. The van der Waals surface area contributed by atoms with E-state index in [1.54, 1.807) is 21.8 Å². The van der Waals surface area contributed by atoms with Crippen molar-refractivity contribution in [2.24, 2.45) is 17.3 Å². The topological polar surface area (TPSA) is 93.2 Å². The molecule has 2 aromatic heterocycles. The van der Waals surface area contributed by atoms with E-state index < -0.39 is 11.0 Å². The third-order valence-electron chi connectivity index (χ3n) is 9.97. The number of para-hydroxylation sites is 1. The van der Waals surface area contributed by atoms with Gasteiger partial charge in [-0.3, -0.25) is 14.2 Å². The molecule has 6 rings (SSSR count). The molecule has 0 bridgehead atoms. The van der Waals surface area contributed by atoms with Crippen LogP contribution < -0.4 is 5.56 Å². The van der Waals surface area contributed by atoms with E-state index in [0.717, 1.165) is 37.8 Å². The average molecular weight is 532 g/mol. The summed E-state index contributed by atoms with van der Waals surface area (Å²) >= 11 is 0. The van der Waals surface area contributed by atoms with E-state index >= 15 is 0 Å². The van der Waals surface area contributed by atoms with Crippen molar-refractivity contribution in [1.29, 1.82) is 0 Å². The number of carbonyl (C=O) groups excluding carboxylic acids is 1. The van der Waals surface area contributed by atoms with Gasteiger partial charge in [0.2, 0.25) is 5.91 Å². The van der Waals surface area contributed by atoms with Crippen LogP contribution in [0.15, 0.2) is 47.7 Å². The second-order valence-electron chi connectivity index (χ2n) is 12.5. The summed E-state index contributed by atoms with van der Waals surface area (Å²) in [6, 6.07) is 9.64. The third-order valence-corrected chi connectivity index (χ3v) is 9.97. The smallest absolute Gasteiger partial charge is 0.264 e. The van der Waals surface area contributed by atoms with Crippen LogP contribution in [0.4, 0.5) is 0 Å². The second-order valence-corrected chi connectivity index (χ2v) is 12.5. The van der Waals surface area contributed by atoms with E-state index in [-0.39, 0.29) is 23.9 Å². The van der Waals surface area contributed by atoms with Crippen molar-refractivity contribution in [2.75, 3.05) is 13.1 Å². The van der Waals surface area contributed by atoms with Gasteiger partial charge in [0.15, 0.2) is 5.65 Å². The first-order valence-electron chi connectivity index (χ1n) is 14.9. The van der Waals surface area contributed by atoms with Crippen LogP contribution in [0.25, 0.3) is 16.7 Å². The number of hydrogen-bond acceptors (Lipinski definition) is 5. The highest BCUT2D eigenvalue weighted by Crippen LogP contribution is 2.51. The van der Waals surface area contributed by atoms with Gasteiger partial charge in [0, 0.05) is 24.4 Å². The normalized spacial score (nSPS) is 24.4. The lowest BCUT2D eigenvalue weighted by atomic mass is 9.65. The molecule has 3 heterocycles. The van der Waals surface area contributed by atoms with E-state index in [0.29, 0.717) is 36.5 Å². The number of hydrogen-bond donors (Lipinski definition) is 1. The fourth-order valence-corrected chi connectivity index (χ4v) is 7.72. The molecule has 208 valence electrons. The molecule has 1 aromatic carbocycles. The second kappa shape index (κ2) is 10.5. The number of aliphatic hydroxyl groups is 1. The molecule has 1 amide bonds. The van der Waals surface area contributed by atoms with Crippen LogP contribution in [0.5, 0.6) is 0 Å². The van der Waals surface area contributed by atoms with Crippen LogP contribution in [0.1, 0.15) is 77.6 Å². The van der Waals surface area contributed by atoms with Gasteiger partial charge in [-0.15, -0.1) is 0 Å². The first-order valence-corrected chi connectivity index (χ1v) is 14.9. The number of likely N-dealkylation sites (tertiary alicyclic amines) is 1. The van der Waals surface area contributed by atoms with Gasteiger partial charge in [-0.2, -0.15) is 5.10 Å². The Kier molecular flexibility index (Phi) is 7.08. The lowest BCUT2D eigenvalue weighted by Crippen LogP contribution is -2.62. The SMILES string of the molecule is C[C@H](CC1CCCCC1)C(=O)N1CCC(O)(Cn2cnc3c(cnn3-c3ccccc3)c2=O)C2(CCCC2)C1. The lowest BCUT2D eigenvalue weighted by molar-refractivity contribution is -0.163. The van der Waals surface area contributed by atoms with Gasteiger partial charge >= 0.3 is 0 Å². The number of piperidine rings is 1. The predicted molar refractivity (Wildman–Crippen MR) is 151 cm³/mol. The highest BCUT2D eigenvalue weighted by atomic mass is 16.3. The van der Waals surface area contributed by atoms with Crippen molar-refractivity contribution < 1.29 is 9.90 Å². The molecule has 1 unspecified atom stereocenters. The van der Waals surface area contributed by atoms with Crippen molar-refractivity contribution in [1.82, 2.24) is 24.2 Å². The van der Waals surface area contributed by atoms with Crippen molar-refractivity contribution in [2.45, 2.75) is 89.7 Å². The summed E-state index contributed by atoms with van der Waals surface area (Å²) in [4.78, 5) is 33.7. The van der Waals surface area contributed by atoms with Crippen LogP contribution >= 0.6 is 0 Å². The summed E-state index contributed by atoms with van der Waals surface area (Å²) in [6.45, 7) is 3.39. The molecule has 1 saturated heterocycles. The average Bonchev–Trinajstić information content (AvgIpc) is 3.61. The maximum absolute atomic E-state index is 13.6. The Morgan fingerprint density at radius 3 is 2.56 bits per heavy atom. The molecule has 1 aliphatic heterocycles. The Labute approximate surface area is 230 Å². The number of benzene rings is 1. The van der Waals surface area contributed by atoms with Crippen molar-refractivity contribution in [3.05, 3.63) is 53.2 Å². The van der Waals surface area contributed by atoms with Gasteiger partial charge in [0.05, 0.1) is 24.0 Å². The lowest BCUT2D eigenvalue weighted by Gasteiger charge is -2.52.